The number of imidazole rings is 1. The van der Waals surface area contributed by atoms with Crippen molar-refractivity contribution >= 4 is 27.7 Å². The van der Waals surface area contributed by atoms with Crippen LogP contribution in [-0.2, 0) is 5.41 Å². The highest BCUT2D eigenvalue weighted by Gasteiger charge is 2.51. The molecule has 4 heteroatoms. The molecule has 0 atom stereocenters. The Morgan fingerprint density at radius 3 is 1.88 bits per heavy atom. The summed E-state index contributed by atoms with van der Waals surface area (Å²) >= 11 is 0. The predicted octanol–water partition coefficient (Wildman–Crippen LogP) is 12.0. The fraction of sp³-hybridized carbons (Fsp3) is 0.232. The maximum absolute atomic E-state index is 2.65. The van der Waals surface area contributed by atoms with Gasteiger partial charge in [-0.2, -0.15) is 8.97 Å². The minimum atomic E-state index is -0.499. The van der Waals surface area contributed by atoms with Gasteiger partial charge in [-0.05, 0) is 82.3 Å². The van der Waals surface area contributed by atoms with Gasteiger partial charge in [-0.1, -0.05) is 163 Å². The van der Waals surface area contributed by atoms with Gasteiger partial charge in [-0.15, -0.1) is 0 Å². The first kappa shape index (κ1) is 36.8. The van der Waals surface area contributed by atoms with Gasteiger partial charge >= 0.3 is 0 Å². The molecule has 4 nitrogen and oxygen atoms in total. The molecular formula is C56H53N4+. The van der Waals surface area contributed by atoms with E-state index in [2.05, 4.69) is 225 Å². The molecule has 1 aliphatic carbocycles. The zero-order chi connectivity index (χ0) is 40.9. The molecule has 3 aliphatic rings. The highest BCUT2D eigenvalue weighted by molar-refractivity contribution is 5.99. The summed E-state index contributed by atoms with van der Waals surface area (Å²) in [5, 5.41) is 8.98. The van der Waals surface area contributed by atoms with E-state index in [1.807, 2.05) is 0 Å². The van der Waals surface area contributed by atoms with Crippen molar-refractivity contribution < 1.29 is 4.57 Å². The molecule has 0 radical (unpaired) electrons. The van der Waals surface area contributed by atoms with E-state index in [-0.39, 0.29) is 5.54 Å². The van der Waals surface area contributed by atoms with E-state index >= 15 is 0 Å². The third-order valence-corrected chi connectivity index (χ3v) is 14.3. The topological polar surface area (TPSA) is 14.8 Å². The first-order chi connectivity index (χ1) is 29.3. The average Bonchev–Trinajstić information content (AvgIpc) is 4.08. The molecule has 0 spiro atoms. The number of rotatable bonds is 7. The van der Waals surface area contributed by atoms with Crippen LogP contribution in [0.2, 0.25) is 0 Å². The van der Waals surface area contributed by atoms with Crippen LogP contribution < -0.4 is 14.9 Å². The van der Waals surface area contributed by atoms with Crippen LogP contribution in [0.25, 0.3) is 38.8 Å². The van der Waals surface area contributed by atoms with Crippen LogP contribution in [-0.4, -0.2) is 21.5 Å². The summed E-state index contributed by atoms with van der Waals surface area (Å²) in [6.07, 6.45) is 11.3. The Kier molecular flexibility index (Phi) is 8.38. The smallest absolute Gasteiger partial charge is 0.280 e. The molecule has 11 rings (SSSR count). The van der Waals surface area contributed by atoms with Gasteiger partial charge < -0.3 is 0 Å². The number of anilines is 1. The highest BCUT2D eigenvalue weighted by Crippen LogP contribution is 2.58. The minimum absolute atomic E-state index is 0.279. The summed E-state index contributed by atoms with van der Waals surface area (Å²) in [5.74, 6) is 0.758. The van der Waals surface area contributed by atoms with E-state index in [0.717, 1.165) is 19.4 Å². The van der Waals surface area contributed by atoms with Crippen LogP contribution in [0.4, 0.5) is 5.69 Å². The van der Waals surface area contributed by atoms with E-state index in [1.54, 1.807) is 0 Å². The molecule has 8 aromatic rings. The molecule has 0 saturated carbocycles. The fourth-order valence-corrected chi connectivity index (χ4v) is 11.7. The zero-order valence-electron chi connectivity index (χ0n) is 35.7. The number of hydrogen-bond acceptors (Lipinski definition) is 2. The first-order valence-corrected chi connectivity index (χ1v) is 22.1. The molecule has 0 fully saturated rings. The zero-order valence-corrected chi connectivity index (χ0v) is 35.7. The van der Waals surface area contributed by atoms with Crippen LogP contribution in [0, 0.1) is 0 Å². The number of aromatic nitrogens is 2. The van der Waals surface area contributed by atoms with Crippen molar-refractivity contribution in [3.63, 3.8) is 0 Å². The number of para-hydroxylation sites is 1. The Labute approximate surface area is 354 Å². The predicted molar refractivity (Wildman–Crippen MR) is 248 cm³/mol. The van der Waals surface area contributed by atoms with Gasteiger partial charge in [0.25, 0.3) is 5.65 Å². The molecule has 4 heterocycles. The van der Waals surface area contributed by atoms with Gasteiger partial charge in [0.2, 0.25) is 0 Å². The van der Waals surface area contributed by atoms with Crippen molar-refractivity contribution in [1.29, 1.82) is 0 Å². The molecule has 2 aromatic heterocycles. The normalized spacial score (nSPS) is 17.2. The Bertz CT molecular complexity index is 3000. The average molecular weight is 782 g/mol. The van der Waals surface area contributed by atoms with Gasteiger partial charge in [0.1, 0.15) is 23.4 Å². The molecule has 0 amide bonds. The maximum Gasteiger partial charge on any atom is 0.300 e. The third kappa shape index (κ3) is 4.80. The molecule has 0 N–H and O–H groups in total. The third-order valence-electron chi connectivity index (χ3n) is 14.3. The second-order valence-electron chi connectivity index (χ2n) is 17.7. The minimum Gasteiger partial charge on any atom is -0.280 e. The highest BCUT2D eigenvalue weighted by atomic mass is 15.7. The molecule has 6 aromatic carbocycles. The molecule has 2 aliphatic heterocycles. The lowest BCUT2D eigenvalue weighted by atomic mass is 9.66. The summed E-state index contributed by atoms with van der Waals surface area (Å²) in [6, 6.07) is 53.0. The number of fused-ring (bicyclic) bond motifs is 9. The van der Waals surface area contributed by atoms with E-state index in [1.165, 1.54) is 88.8 Å². The van der Waals surface area contributed by atoms with Crippen molar-refractivity contribution in [2.24, 2.45) is 0 Å². The second kappa shape index (κ2) is 13.7. The van der Waals surface area contributed by atoms with Crippen molar-refractivity contribution in [3.8, 4) is 16.8 Å². The Balaban J connectivity index is 1.31. The van der Waals surface area contributed by atoms with Crippen LogP contribution >= 0.6 is 0 Å². The van der Waals surface area contributed by atoms with E-state index in [0.29, 0.717) is 11.8 Å². The lowest BCUT2D eigenvalue weighted by Crippen LogP contribution is -2.58. The van der Waals surface area contributed by atoms with Crippen molar-refractivity contribution in [3.05, 3.63) is 208 Å². The molecular weight excluding hydrogens is 729 g/mol. The second-order valence-corrected chi connectivity index (χ2v) is 17.7. The molecule has 0 saturated heterocycles. The Hall–Kier alpha value is -6.23. The Morgan fingerprint density at radius 2 is 1.23 bits per heavy atom. The Morgan fingerprint density at radius 1 is 0.617 bits per heavy atom. The first-order valence-electron chi connectivity index (χ1n) is 22.1. The number of nitrogens with zero attached hydrogens (tertiary/aromatic N) is 4. The van der Waals surface area contributed by atoms with Crippen LogP contribution in [0.1, 0.15) is 105 Å². The molecule has 0 bridgehead atoms. The summed E-state index contributed by atoms with van der Waals surface area (Å²) < 4.78 is 5.06. The number of benzene rings is 6. The standard InChI is InChI=1S/C56H53N4/c1-7-55(8-2)51(53-45-24-12-13-25-46(45)54-57(34-35-58(53)54)52-41(37(3)4)26-18-27-42(52)38(5)6)47-36-40(30-31-50(47)59-32-19-33-60(55)59)56(39-20-10-9-11-21-39)48-28-16-14-22-43(48)44-23-15-17-29-49(44)56/h9-32,34-38H,7-8,33H2,1-6H3/q+1. The lowest BCUT2D eigenvalue weighted by molar-refractivity contribution is -0.566. The van der Waals surface area contributed by atoms with Crippen LogP contribution in [0.5, 0.6) is 0 Å². The monoisotopic (exact) mass is 781 g/mol. The van der Waals surface area contributed by atoms with Gasteiger partial charge in [0.05, 0.1) is 22.0 Å². The van der Waals surface area contributed by atoms with E-state index in [4.69, 9.17) is 0 Å². The van der Waals surface area contributed by atoms with Gasteiger partial charge in [-0.25, -0.2) is 5.01 Å². The maximum atomic E-state index is 2.65. The quantitative estimate of drug-likeness (QED) is 0.150. The van der Waals surface area contributed by atoms with Crippen molar-refractivity contribution in [2.45, 2.75) is 77.2 Å². The molecule has 0 unspecified atom stereocenters. The summed E-state index contributed by atoms with van der Waals surface area (Å²) in [4.78, 5) is 0. The van der Waals surface area contributed by atoms with Gasteiger partial charge in [0, 0.05) is 40.4 Å². The van der Waals surface area contributed by atoms with Crippen LogP contribution in [0.3, 0.4) is 0 Å². The van der Waals surface area contributed by atoms with Crippen LogP contribution in [0.15, 0.2) is 164 Å². The summed E-state index contributed by atoms with van der Waals surface area (Å²) in [5.41, 5.74) is 16.4. The fourth-order valence-electron chi connectivity index (χ4n) is 11.7. The number of hydrogen-bond donors (Lipinski definition) is 0. The van der Waals surface area contributed by atoms with E-state index < -0.39 is 5.41 Å². The molecule has 296 valence electrons. The number of hydrazine groups is 1. The largest absolute Gasteiger partial charge is 0.300 e. The van der Waals surface area contributed by atoms with Gasteiger partial charge in [-0.3, -0.25) is 5.01 Å². The lowest BCUT2D eigenvalue weighted by Gasteiger charge is -2.51. The molecule has 60 heavy (non-hydrogen) atoms. The van der Waals surface area contributed by atoms with Crippen molar-refractivity contribution in [2.75, 3.05) is 11.6 Å². The SMILES string of the molecule is CCC1(CC)/C(=c2\c3ccccc3c3n2cc[n+]3-c2c(C(C)C)cccc2C(C)C)c2cc(C3(c4ccccc4)c4ccccc4-c4ccccc43)ccc2N2C=CCN21. The summed E-state index contributed by atoms with van der Waals surface area (Å²) in [6.45, 7) is 15.0. The van der Waals surface area contributed by atoms with E-state index in [9.17, 15) is 0 Å². The summed E-state index contributed by atoms with van der Waals surface area (Å²) in [7, 11) is 0. The van der Waals surface area contributed by atoms with Crippen molar-refractivity contribution in [1.82, 2.24) is 9.41 Å². The van der Waals surface area contributed by atoms with Gasteiger partial charge in [0.15, 0.2) is 0 Å².